The summed E-state index contributed by atoms with van der Waals surface area (Å²) in [6, 6.07) is 0. The van der Waals surface area contributed by atoms with Crippen molar-refractivity contribution < 1.29 is 4.79 Å². The van der Waals surface area contributed by atoms with Crippen molar-refractivity contribution in [2.24, 2.45) is 11.8 Å². The summed E-state index contributed by atoms with van der Waals surface area (Å²) in [6.45, 7) is 2.00. The van der Waals surface area contributed by atoms with Crippen LogP contribution >= 0.6 is 11.3 Å². The van der Waals surface area contributed by atoms with Crippen LogP contribution < -0.4 is 16.8 Å². The first-order valence-electron chi connectivity index (χ1n) is 6.47. The van der Waals surface area contributed by atoms with Crippen LogP contribution in [0.1, 0.15) is 23.8 Å². The van der Waals surface area contributed by atoms with Crippen LogP contribution in [0.3, 0.4) is 0 Å². The standard InChI is InChI=1S/C12H15N5O2S/c1-6-2-3-7-8(4-6)20-11-10(7)12(19)17(16-15-11)5-9(18)14-13/h6H,2-5,13H2,1H3,(H,14,18)/t6-/m1/s1. The summed E-state index contributed by atoms with van der Waals surface area (Å²) in [5, 5.41) is 8.50. The van der Waals surface area contributed by atoms with Gasteiger partial charge in [-0.25, -0.2) is 10.5 Å². The smallest absolute Gasteiger partial charge is 0.279 e. The van der Waals surface area contributed by atoms with E-state index in [1.165, 1.54) is 16.2 Å². The summed E-state index contributed by atoms with van der Waals surface area (Å²) in [5.74, 6) is 5.19. The van der Waals surface area contributed by atoms with E-state index in [1.54, 1.807) is 0 Å². The molecule has 2 aromatic heterocycles. The van der Waals surface area contributed by atoms with Crippen molar-refractivity contribution in [3.63, 3.8) is 0 Å². The first-order valence-corrected chi connectivity index (χ1v) is 7.29. The zero-order valence-electron chi connectivity index (χ0n) is 11.0. The van der Waals surface area contributed by atoms with E-state index in [2.05, 4.69) is 17.2 Å². The Morgan fingerprint density at radius 3 is 3.15 bits per heavy atom. The number of nitrogens with zero attached hydrogens (tertiary/aromatic N) is 3. The molecule has 0 spiro atoms. The van der Waals surface area contributed by atoms with Crippen molar-refractivity contribution in [1.29, 1.82) is 0 Å². The minimum atomic E-state index is -0.474. The minimum absolute atomic E-state index is 0.209. The number of hydrogen-bond acceptors (Lipinski definition) is 6. The van der Waals surface area contributed by atoms with Gasteiger partial charge in [-0.2, -0.15) is 0 Å². The molecule has 0 unspecified atom stereocenters. The monoisotopic (exact) mass is 293 g/mol. The van der Waals surface area contributed by atoms with Gasteiger partial charge in [0, 0.05) is 4.88 Å². The zero-order chi connectivity index (χ0) is 14.3. The maximum atomic E-state index is 12.4. The van der Waals surface area contributed by atoms with Gasteiger partial charge in [0.15, 0.2) is 4.83 Å². The highest BCUT2D eigenvalue weighted by Crippen LogP contribution is 2.35. The van der Waals surface area contributed by atoms with Crippen LogP contribution in [0, 0.1) is 5.92 Å². The summed E-state index contributed by atoms with van der Waals surface area (Å²) < 4.78 is 1.07. The Morgan fingerprint density at radius 1 is 1.60 bits per heavy atom. The number of amides is 1. The fourth-order valence-corrected chi connectivity index (χ4v) is 3.90. The lowest BCUT2D eigenvalue weighted by atomic mass is 9.89. The maximum absolute atomic E-state index is 12.4. The van der Waals surface area contributed by atoms with Crippen LogP contribution in [-0.2, 0) is 24.2 Å². The third kappa shape index (κ3) is 2.10. The molecule has 0 radical (unpaired) electrons. The Bertz CT molecular complexity index is 735. The molecule has 106 valence electrons. The Labute approximate surface area is 118 Å². The largest absolute Gasteiger partial charge is 0.293 e. The first kappa shape index (κ1) is 13.2. The Balaban J connectivity index is 2.13. The van der Waals surface area contributed by atoms with Crippen LogP contribution in [0.25, 0.3) is 10.2 Å². The average molecular weight is 293 g/mol. The van der Waals surface area contributed by atoms with Gasteiger partial charge >= 0.3 is 0 Å². The second-order valence-electron chi connectivity index (χ2n) is 5.15. The van der Waals surface area contributed by atoms with Gasteiger partial charge in [0.05, 0.1) is 5.39 Å². The number of thiophene rings is 1. The van der Waals surface area contributed by atoms with E-state index in [9.17, 15) is 9.59 Å². The summed E-state index contributed by atoms with van der Waals surface area (Å²) in [7, 11) is 0. The minimum Gasteiger partial charge on any atom is -0.293 e. The summed E-state index contributed by atoms with van der Waals surface area (Å²) >= 11 is 1.54. The van der Waals surface area contributed by atoms with Gasteiger partial charge in [-0.1, -0.05) is 12.1 Å². The second kappa shape index (κ2) is 4.95. The predicted octanol–water partition coefficient (Wildman–Crippen LogP) is -0.0323. The van der Waals surface area contributed by atoms with E-state index in [0.717, 1.165) is 29.5 Å². The van der Waals surface area contributed by atoms with E-state index < -0.39 is 5.91 Å². The van der Waals surface area contributed by atoms with Crippen molar-refractivity contribution in [3.05, 3.63) is 20.8 Å². The number of fused-ring (bicyclic) bond motifs is 3. The molecular weight excluding hydrogens is 278 g/mol. The van der Waals surface area contributed by atoms with Crippen molar-refractivity contribution >= 4 is 27.5 Å². The molecule has 0 saturated carbocycles. The fraction of sp³-hybridized carbons (Fsp3) is 0.500. The molecular formula is C12H15N5O2S. The van der Waals surface area contributed by atoms with E-state index in [1.807, 2.05) is 5.43 Å². The zero-order valence-corrected chi connectivity index (χ0v) is 11.9. The maximum Gasteiger partial charge on any atom is 0.279 e. The molecule has 20 heavy (non-hydrogen) atoms. The van der Waals surface area contributed by atoms with Gasteiger partial charge in [-0.05, 0) is 30.7 Å². The molecule has 7 nitrogen and oxygen atoms in total. The van der Waals surface area contributed by atoms with Crippen molar-refractivity contribution in [3.8, 4) is 0 Å². The van der Waals surface area contributed by atoms with Gasteiger partial charge in [-0.15, -0.1) is 16.4 Å². The van der Waals surface area contributed by atoms with E-state index in [-0.39, 0.29) is 12.1 Å². The number of nitrogens with two attached hydrogens (primary N) is 1. The molecule has 1 atom stereocenters. The number of rotatable bonds is 2. The van der Waals surface area contributed by atoms with Crippen molar-refractivity contribution in [2.45, 2.75) is 32.7 Å². The van der Waals surface area contributed by atoms with Gasteiger partial charge in [-0.3, -0.25) is 15.0 Å². The van der Waals surface area contributed by atoms with E-state index >= 15 is 0 Å². The Kier molecular flexibility index (Phi) is 3.27. The highest BCUT2D eigenvalue weighted by atomic mass is 32.1. The highest BCUT2D eigenvalue weighted by molar-refractivity contribution is 7.18. The third-order valence-corrected chi connectivity index (χ3v) is 4.78. The predicted molar refractivity (Wildman–Crippen MR) is 75.2 cm³/mol. The molecule has 1 aliphatic carbocycles. The molecule has 1 amide bonds. The Hall–Kier alpha value is -1.80. The quantitative estimate of drug-likeness (QED) is 0.460. The third-order valence-electron chi connectivity index (χ3n) is 3.64. The molecule has 3 rings (SSSR count). The molecule has 2 heterocycles. The molecule has 0 saturated heterocycles. The van der Waals surface area contributed by atoms with Crippen molar-refractivity contribution in [1.82, 2.24) is 20.4 Å². The fourth-order valence-electron chi connectivity index (χ4n) is 2.58. The molecule has 8 heteroatoms. The molecule has 2 aromatic rings. The van der Waals surface area contributed by atoms with Crippen molar-refractivity contribution in [2.75, 3.05) is 0 Å². The molecule has 0 fully saturated rings. The first-order chi connectivity index (χ1) is 9.60. The van der Waals surface area contributed by atoms with Crippen LogP contribution in [-0.4, -0.2) is 20.9 Å². The highest BCUT2D eigenvalue weighted by Gasteiger charge is 2.23. The van der Waals surface area contributed by atoms with E-state index in [0.29, 0.717) is 16.1 Å². The van der Waals surface area contributed by atoms with Gasteiger partial charge < -0.3 is 0 Å². The van der Waals surface area contributed by atoms with Crippen LogP contribution in [0.2, 0.25) is 0 Å². The number of nitrogens with one attached hydrogen (secondary N) is 1. The lowest BCUT2D eigenvalue weighted by Crippen LogP contribution is -2.37. The molecule has 0 aliphatic heterocycles. The SMILES string of the molecule is C[C@@H]1CCc2c(sc3nnn(CC(=O)NN)c(=O)c23)C1. The van der Waals surface area contributed by atoms with Crippen LogP contribution in [0.5, 0.6) is 0 Å². The molecule has 1 aliphatic rings. The average Bonchev–Trinajstić information content (AvgIpc) is 2.79. The Morgan fingerprint density at radius 2 is 2.40 bits per heavy atom. The summed E-state index contributed by atoms with van der Waals surface area (Å²) in [4.78, 5) is 25.6. The second-order valence-corrected chi connectivity index (χ2v) is 6.24. The van der Waals surface area contributed by atoms with Crippen LogP contribution in [0.15, 0.2) is 4.79 Å². The van der Waals surface area contributed by atoms with Gasteiger partial charge in [0.1, 0.15) is 6.54 Å². The number of hydrazine groups is 1. The number of carbonyl (C=O) groups is 1. The molecule has 3 N–H and O–H groups in total. The number of aromatic nitrogens is 3. The van der Waals surface area contributed by atoms with Gasteiger partial charge in [0.2, 0.25) is 0 Å². The lowest BCUT2D eigenvalue weighted by Gasteiger charge is -2.17. The molecule has 0 aromatic carbocycles. The number of carbonyl (C=O) groups excluding carboxylic acids is 1. The normalized spacial score (nSPS) is 18.0. The lowest BCUT2D eigenvalue weighted by molar-refractivity contribution is -0.122. The summed E-state index contributed by atoms with van der Waals surface area (Å²) in [6.07, 6.45) is 2.95. The number of hydrogen-bond donors (Lipinski definition) is 2. The van der Waals surface area contributed by atoms with Gasteiger partial charge in [0.25, 0.3) is 11.5 Å². The number of aryl methyl sites for hydroxylation is 1. The van der Waals surface area contributed by atoms with Crippen LogP contribution in [0.4, 0.5) is 0 Å². The van der Waals surface area contributed by atoms with E-state index in [4.69, 9.17) is 5.84 Å². The molecule has 0 bridgehead atoms. The summed E-state index contributed by atoms with van der Waals surface area (Å²) in [5.41, 5.74) is 2.82. The topological polar surface area (TPSA) is 103 Å².